The summed E-state index contributed by atoms with van der Waals surface area (Å²) in [7, 11) is -2.20. The molecule has 0 N–H and O–H groups in total. The molecule has 0 unspecified atom stereocenters. The summed E-state index contributed by atoms with van der Waals surface area (Å²) in [6.07, 6.45) is 3.07. The van der Waals surface area contributed by atoms with Crippen LogP contribution in [-0.2, 0) is 4.79 Å². The number of aldehydes is 1. The molecular weight excluding hydrogens is 506 g/mol. The van der Waals surface area contributed by atoms with Crippen LogP contribution in [0.25, 0.3) is 6.08 Å². The molecule has 1 nitrogen and oxygen atoms in total. The SMILES string of the molecule is O=CC1=Cc2ccccc2[Te]1(I)I. The summed E-state index contributed by atoms with van der Waals surface area (Å²) in [4.78, 5) is 10.9. The second-order valence-electron chi connectivity index (χ2n) is 2.67. The molecule has 0 radical (unpaired) electrons. The molecular formula is C9H6I2OTe. The minimum absolute atomic E-state index is 1.03. The van der Waals surface area contributed by atoms with E-state index in [2.05, 4.69) is 55.6 Å². The number of allylic oxidation sites excluding steroid dienone is 1. The molecule has 0 aliphatic carbocycles. The van der Waals surface area contributed by atoms with Crippen LogP contribution in [0.1, 0.15) is 5.56 Å². The zero-order valence-electron chi connectivity index (χ0n) is 6.54. The predicted molar refractivity (Wildman–Crippen MR) is 73.9 cm³/mol. The van der Waals surface area contributed by atoms with E-state index in [-0.39, 0.29) is 0 Å². The Kier molecular flexibility index (Phi) is 3.04. The van der Waals surface area contributed by atoms with Crippen molar-refractivity contribution in [1.29, 1.82) is 0 Å². The number of halogens is 2. The fourth-order valence-corrected chi connectivity index (χ4v) is 13.5. The molecule has 1 aliphatic rings. The molecule has 2 rings (SSSR count). The van der Waals surface area contributed by atoms with Crippen molar-refractivity contribution in [2.45, 2.75) is 0 Å². The Balaban J connectivity index is 2.64. The first kappa shape index (κ1) is 10.4. The van der Waals surface area contributed by atoms with Crippen LogP contribution >= 0.6 is 37.4 Å². The van der Waals surface area contributed by atoms with Crippen LogP contribution in [0.2, 0.25) is 0 Å². The van der Waals surface area contributed by atoms with Crippen LogP contribution in [0.4, 0.5) is 0 Å². The Labute approximate surface area is 100 Å². The zero-order valence-corrected chi connectivity index (χ0v) is 13.2. The fourth-order valence-electron chi connectivity index (χ4n) is 1.28. The van der Waals surface area contributed by atoms with E-state index >= 15 is 0 Å². The van der Waals surface area contributed by atoms with Gasteiger partial charge in [0.1, 0.15) is 0 Å². The van der Waals surface area contributed by atoms with E-state index in [9.17, 15) is 4.79 Å². The first-order valence-electron chi connectivity index (χ1n) is 3.65. The predicted octanol–water partition coefficient (Wildman–Crippen LogP) is 2.34. The van der Waals surface area contributed by atoms with Gasteiger partial charge >= 0.3 is 102 Å². The van der Waals surface area contributed by atoms with Gasteiger partial charge in [-0.1, -0.05) is 0 Å². The van der Waals surface area contributed by atoms with Gasteiger partial charge in [0.05, 0.1) is 0 Å². The van der Waals surface area contributed by atoms with Crippen LogP contribution in [0.15, 0.2) is 27.9 Å². The van der Waals surface area contributed by atoms with E-state index in [1.54, 1.807) is 0 Å². The standard InChI is InChI=1S/C9H6I2OTe/c10-13(11)8(6-12)5-7-3-1-2-4-9(7)13/h1-6H. The maximum atomic E-state index is 10.9. The first-order valence-corrected chi connectivity index (χ1v) is 19.6. The van der Waals surface area contributed by atoms with Crippen LogP contribution in [0.5, 0.6) is 0 Å². The van der Waals surface area contributed by atoms with E-state index in [1.165, 1.54) is 9.17 Å². The molecule has 1 heterocycles. The number of rotatable bonds is 1. The molecule has 0 bridgehead atoms. The molecule has 0 saturated carbocycles. The van der Waals surface area contributed by atoms with Gasteiger partial charge in [-0.15, -0.1) is 0 Å². The van der Waals surface area contributed by atoms with Gasteiger partial charge in [0, 0.05) is 0 Å². The van der Waals surface area contributed by atoms with E-state index in [1.807, 2.05) is 12.1 Å². The number of benzene rings is 1. The third-order valence-electron chi connectivity index (χ3n) is 1.91. The van der Waals surface area contributed by atoms with Gasteiger partial charge in [-0.3, -0.25) is 0 Å². The van der Waals surface area contributed by atoms with Gasteiger partial charge in [-0.05, 0) is 0 Å². The Morgan fingerprint density at radius 1 is 1.23 bits per heavy atom. The van der Waals surface area contributed by atoms with Gasteiger partial charge in [0.25, 0.3) is 0 Å². The molecule has 68 valence electrons. The average Bonchev–Trinajstić information content (AvgIpc) is 2.39. The number of carbonyl (C=O) groups is 1. The summed E-state index contributed by atoms with van der Waals surface area (Å²) >= 11 is 4.99. The fraction of sp³-hybridized carbons (Fsp3) is 0. The second-order valence-corrected chi connectivity index (χ2v) is 37.0. The van der Waals surface area contributed by atoms with E-state index in [0.717, 1.165) is 9.91 Å². The van der Waals surface area contributed by atoms with Gasteiger partial charge in [-0.2, -0.15) is 0 Å². The summed E-state index contributed by atoms with van der Waals surface area (Å²) in [5.74, 6) is 0. The molecule has 1 aromatic carbocycles. The second kappa shape index (κ2) is 3.80. The quantitative estimate of drug-likeness (QED) is 0.322. The summed E-state index contributed by atoms with van der Waals surface area (Å²) in [6, 6.07) is 8.32. The molecule has 13 heavy (non-hydrogen) atoms. The average molecular weight is 512 g/mol. The molecule has 1 aliphatic heterocycles. The molecule has 0 amide bonds. The molecule has 0 saturated heterocycles. The monoisotopic (exact) mass is 514 g/mol. The van der Waals surface area contributed by atoms with Crippen molar-refractivity contribution in [3.05, 3.63) is 33.4 Å². The van der Waals surface area contributed by atoms with Crippen molar-refractivity contribution in [1.82, 2.24) is 0 Å². The molecule has 0 aromatic heterocycles. The van der Waals surface area contributed by atoms with Crippen molar-refractivity contribution in [2.75, 3.05) is 0 Å². The molecule has 0 spiro atoms. The summed E-state index contributed by atoms with van der Waals surface area (Å²) < 4.78 is 2.44. The van der Waals surface area contributed by atoms with Crippen LogP contribution in [0.3, 0.4) is 0 Å². The van der Waals surface area contributed by atoms with Crippen LogP contribution in [0, 0.1) is 0 Å². The van der Waals surface area contributed by atoms with E-state index < -0.39 is 10.3 Å². The van der Waals surface area contributed by atoms with E-state index in [0.29, 0.717) is 0 Å². The number of carbonyl (C=O) groups excluding carboxylic acids is 1. The summed E-state index contributed by atoms with van der Waals surface area (Å²) in [5.41, 5.74) is 1.25. The zero-order chi connectivity index (χ0) is 9.47. The minimum atomic E-state index is -2.20. The molecule has 4 heteroatoms. The van der Waals surface area contributed by atoms with Gasteiger partial charge in [0.15, 0.2) is 0 Å². The Hall–Kier alpha value is 0.880. The Morgan fingerprint density at radius 3 is 2.54 bits per heavy atom. The third kappa shape index (κ3) is 1.71. The van der Waals surface area contributed by atoms with Crippen LogP contribution in [-0.4, -0.2) is 16.6 Å². The number of hydrogen-bond donors (Lipinski definition) is 0. The maximum absolute atomic E-state index is 10.9. The number of hydrogen-bond acceptors (Lipinski definition) is 1. The van der Waals surface area contributed by atoms with Gasteiger partial charge in [0.2, 0.25) is 0 Å². The van der Waals surface area contributed by atoms with Crippen molar-refractivity contribution < 1.29 is 4.79 Å². The third-order valence-corrected chi connectivity index (χ3v) is 20.0. The Bertz CT molecular complexity index is 398. The summed E-state index contributed by atoms with van der Waals surface area (Å²) in [6.45, 7) is 0. The van der Waals surface area contributed by atoms with E-state index in [4.69, 9.17) is 0 Å². The number of fused-ring (bicyclic) bond motifs is 1. The molecule has 0 fully saturated rings. The van der Waals surface area contributed by atoms with Gasteiger partial charge in [-0.25, -0.2) is 0 Å². The normalized spacial score (nSPS) is 20.3. The van der Waals surface area contributed by atoms with Gasteiger partial charge < -0.3 is 0 Å². The van der Waals surface area contributed by atoms with Crippen molar-refractivity contribution in [3.63, 3.8) is 0 Å². The van der Waals surface area contributed by atoms with Crippen molar-refractivity contribution in [2.24, 2.45) is 0 Å². The summed E-state index contributed by atoms with van der Waals surface area (Å²) in [5, 5.41) is 0. The molecule has 1 aromatic rings. The van der Waals surface area contributed by atoms with Crippen molar-refractivity contribution >= 4 is 63.7 Å². The molecule has 0 atom stereocenters. The Morgan fingerprint density at radius 2 is 1.92 bits per heavy atom. The first-order chi connectivity index (χ1) is 6.16. The van der Waals surface area contributed by atoms with Crippen LogP contribution < -0.4 is 3.61 Å². The topological polar surface area (TPSA) is 17.1 Å². The van der Waals surface area contributed by atoms with Crippen molar-refractivity contribution in [3.8, 4) is 0 Å².